The lowest BCUT2D eigenvalue weighted by Gasteiger charge is -2.28. The van der Waals surface area contributed by atoms with Gasteiger partial charge >= 0.3 is 5.92 Å². The van der Waals surface area contributed by atoms with Gasteiger partial charge in [0.2, 0.25) is 0 Å². The summed E-state index contributed by atoms with van der Waals surface area (Å²) in [5.41, 5.74) is 1.14. The van der Waals surface area contributed by atoms with Gasteiger partial charge in [-0.1, -0.05) is 46.3 Å². The molecule has 0 spiro atoms. The van der Waals surface area contributed by atoms with Gasteiger partial charge in [0.05, 0.1) is 5.69 Å². The van der Waals surface area contributed by atoms with Gasteiger partial charge in [0.15, 0.2) is 0 Å². The molecule has 3 aromatic rings. The van der Waals surface area contributed by atoms with Gasteiger partial charge in [0, 0.05) is 32.7 Å². The molecule has 1 aliphatic rings. The van der Waals surface area contributed by atoms with Crippen LogP contribution in [-0.2, 0) is 5.92 Å². The molecule has 0 N–H and O–H groups in total. The fourth-order valence-electron chi connectivity index (χ4n) is 2.87. The van der Waals surface area contributed by atoms with E-state index < -0.39 is 5.92 Å². The molecule has 1 heterocycles. The van der Waals surface area contributed by atoms with Crippen LogP contribution in [0.15, 0.2) is 53.1 Å². The molecular formula is C16H8BrF2N. The molecule has 0 aliphatic heterocycles. The van der Waals surface area contributed by atoms with Crippen LogP contribution in [0, 0.1) is 0 Å². The molecule has 4 heteroatoms. The number of benzene rings is 2. The molecule has 0 bridgehead atoms. The Morgan fingerprint density at radius 3 is 2.65 bits per heavy atom. The second-order valence-electron chi connectivity index (χ2n) is 4.80. The normalized spacial score (nSPS) is 15.2. The number of hydrogen-bond donors (Lipinski definition) is 0. The van der Waals surface area contributed by atoms with E-state index in [1.807, 2.05) is 6.07 Å². The number of rotatable bonds is 0. The van der Waals surface area contributed by atoms with Crippen LogP contribution in [0.5, 0.6) is 0 Å². The maximum absolute atomic E-state index is 14.9. The zero-order chi connectivity index (χ0) is 13.9. The second kappa shape index (κ2) is 3.85. The molecule has 98 valence electrons. The van der Waals surface area contributed by atoms with Crippen LogP contribution in [0.1, 0.15) is 11.1 Å². The first-order valence-corrected chi connectivity index (χ1v) is 6.95. The summed E-state index contributed by atoms with van der Waals surface area (Å²) in [6.45, 7) is 0. The Morgan fingerprint density at radius 2 is 1.80 bits per heavy atom. The highest BCUT2D eigenvalue weighted by Crippen LogP contribution is 2.51. The van der Waals surface area contributed by atoms with Crippen LogP contribution in [0.4, 0.5) is 8.78 Å². The average molecular weight is 332 g/mol. The van der Waals surface area contributed by atoms with E-state index in [0.717, 1.165) is 5.39 Å². The van der Waals surface area contributed by atoms with Gasteiger partial charge < -0.3 is 0 Å². The third kappa shape index (κ3) is 1.37. The number of pyridine rings is 1. The molecule has 0 saturated carbocycles. The first-order chi connectivity index (χ1) is 9.60. The lowest BCUT2D eigenvalue weighted by molar-refractivity contribution is 0.0435. The van der Waals surface area contributed by atoms with Crippen molar-refractivity contribution in [1.82, 2.24) is 4.98 Å². The highest BCUT2D eigenvalue weighted by Gasteiger charge is 2.43. The van der Waals surface area contributed by atoms with Crippen molar-refractivity contribution in [2.75, 3.05) is 0 Å². The molecule has 4 rings (SSSR count). The molecule has 0 unspecified atom stereocenters. The van der Waals surface area contributed by atoms with Gasteiger partial charge in [-0.15, -0.1) is 0 Å². The van der Waals surface area contributed by atoms with Crippen molar-refractivity contribution < 1.29 is 8.78 Å². The molecule has 20 heavy (non-hydrogen) atoms. The molecular weight excluding hydrogens is 324 g/mol. The molecule has 0 fully saturated rings. The Hall–Kier alpha value is -1.81. The van der Waals surface area contributed by atoms with Gasteiger partial charge in [-0.3, -0.25) is 4.98 Å². The van der Waals surface area contributed by atoms with Gasteiger partial charge in [0.25, 0.3) is 0 Å². The molecule has 2 aromatic carbocycles. The van der Waals surface area contributed by atoms with Crippen molar-refractivity contribution in [2.45, 2.75) is 5.92 Å². The van der Waals surface area contributed by atoms with Crippen LogP contribution in [-0.4, -0.2) is 4.98 Å². The van der Waals surface area contributed by atoms with E-state index in [-0.39, 0.29) is 11.1 Å². The summed E-state index contributed by atoms with van der Waals surface area (Å²) in [7, 11) is 0. The minimum Gasteiger partial charge on any atom is -0.256 e. The van der Waals surface area contributed by atoms with Crippen LogP contribution >= 0.6 is 15.9 Å². The zero-order valence-electron chi connectivity index (χ0n) is 10.2. The van der Waals surface area contributed by atoms with Gasteiger partial charge in [-0.25, -0.2) is 0 Å². The van der Waals surface area contributed by atoms with E-state index in [9.17, 15) is 8.78 Å². The topological polar surface area (TPSA) is 12.9 Å². The fraction of sp³-hybridized carbons (Fsp3) is 0.0625. The maximum atomic E-state index is 14.9. The lowest BCUT2D eigenvalue weighted by Crippen LogP contribution is -2.21. The summed E-state index contributed by atoms with van der Waals surface area (Å²) in [6.07, 6.45) is 1.66. The van der Waals surface area contributed by atoms with Crippen molar-refractivity contribution in [2.24, 2.45) is 0 Å². The van der Waals surface area contributed by atoms with Gasteiger partial charge in [0.1, 0.15) is 0 Å². The summed E-state index contributed by atoms with van der Waals surface area (Å²) in [6, 6.07) is 11.8. The predicted octanol–water partition coefficient (Wildman–Crippen LogP) is 5.12. The number of hydrogen-bond acceptors (Lipinski definition) is 1. The van der Waals surface area contributed by atoms with Crippen molar-refractivity contribution in [1.29, 1.82) is 0 Å². The SMILES string of the molecule is FC1(F)c2c(Br)cccc2-c2nccc3cccc1c23. The highest BCUT2D eigenvalue weighted by molar-refractivity contribution is 9.10. The largest absolute Gasteiger partial charge is 0.300 e. The van der Waals surface area contributed by atoms with E-state index >= 15 is 0 Å². The van der Waals surface area contributed by atoms with E-state index in [0.29, 0.717) is 21.1 Å². The Labute approximate surface area is 122 Å². The van der Waals surface area contributed by atoms with Crippen LogP contribution in [0.3, 0.4) is 0 Å². The quantitative estimate of drug-likeness (QED) is 0.557. The third-order valence-electron chi connectivity index (χ3n) is 3.71. The highest BCUT2D eigenvalue weighted by atomic mass is 79.9. The molecule has 0 atom stereocenters. The summed E-state index contributed by atoms with van der Waals surface area (Å²) in [4.78, 5) is 4.33. The Bertz CT molecular complexity index is 853. The minimum atomic E-state index is -3.02. The fourth-order valence-corrected chi connectivity index (χ4v) is 3.49. The minimum absolute atomic E-state index is 0.00120. The molecule has 1 aliphatic carbocycles. The molecule has 0 radical (unpaired) electrons. The Morgan fingerprint density at radius 1 is 1.00 bits per heavy atom. The summed E-state index contributed by atoms with van der Waals surface area (Å²) in [5, 5.41) is 1.34. The smallest absolute Gasteiger partial charge is 0.256 e. The van der Waals surface area contributed by atoms with Crippen molar-refractivity contribution in [3.63, 3.8) is 0 Å². The third-order valence-corrected chi connectivity index (χ3v) is 4.37. The summed E-state index contributed by atoms with van der Waals surface area (Å²) in [5.74, 6) is -3.02. The summed E-state index contributed by atoms with van der Waals surface area (Å²) < 4.78 is 30.1. The Balaban J connectivity index is 2.29. The molecule has 0 saturated heterocycles. The van der Waals surface area contributed by atoms with E-state index in [2.05, 4.69) is 20.9 Å². The van der Waals surface area contributed by atoms with Crippen molar-refractivity contribution >= 4 is 26.7 Å². The molecule has 1 aromatic heterocycles. The average Bonchev–Trinajstić information content (AvgIpc) is 2.44. The van der Waals surface area contributed by atoms with Crippen LogP contribution < -0.4 is 0 Å². The standard InChI is InChI=1S/C16H8BrF2N/c17-12-6-2-4-10-14(12)16(18,19)11-5-1-3-9-7-8-20-15(10)13(9)11/h1-8H. The molecule has 1 nitrogen and oxygen atoms in total. The number of halogens is 3. The van der Waals surface area contributed by atoms with Crippen LogP contribution in [0.2, 0.25) is 0 Å². The lowest BCUT2D eigenvalue weighted by atomic mass is 9.84. The summed E-state index contributed by atoms with van der Waals surface area (Å²) >= 11 is 3.25. The number of nitrogens with zero attached hydrogens (tertiary/aromatic N) is 1. The van der Waals surface area contributed by atoms with E-state index in [1.54, 1.807) is 36.5 Å². The predicted molar refractivity (Wildman–Crippen MR) is 77.9 cm³/mol. The van der Waals surface area contributed by atoms with Gasteiger partial charge in [-0.2, -0.15) is 8.78 Å². The van der Waals surface area contributed by atoms with Crippen LogP contribution in [0.25, 0.3) is 22.0 Å². The Kier molecular flexibility index (Phi) is 2.31. The monoisotopic (exact) mass is 331 g/mol. The molecule has 0 amide bonds. The maximum Gasteiger partial charge on any atom is 0.300 e. The van der Waals surface area contributed by atoms with Crippen molar-refractivity contribution in [3.8, 4) is 11.3 Å². The number of alkyl halides is 2. The second-order valence-corrected chi connectivity index (χ2v) is 5.65. The van der Waals surface area contributed by atoms with Gasteiger partial charge in [-0.05, 0) is 17.5 Å². The van der Waals surface area contributed by atoms with E-state index in [4.69, 9.17) is 0 Å². The van der Waals surface area contributed by atoms with Crippen molar-refractivity contribution in [3.05, 3.63) is 64.3 Å². The first-order valence-electron chi connectivity index (χ1n) is 6.16. The van der Waals surface area contributed by atoms with E-state index in [1.165, 1.54) is 6.07 Å². The first kappa shape index (κ1) is 12.0. The zero-order valence-corrected chi connectivity index (χ0v) is 11.8. The number of fused-ring (bicyclic) bond motifs is 2. The number of aromatic nitrogens is 1.